The summed E-state index contributed by atoms with van der Waals surface area (Å²) < 4.78 is 0. The van der Waals surface area contributed by atoms with E-state index in [0.29, 0.717) is 17.8 Å². The smallest absolute Gasteiger partial charge is 0.166 e. The van der Waals surface area contributed by atoms with Crippen LogP contribution in [-0.2, 0) is 31.9 Å². The number of carboxylic acids is 1. The third-order valence-electron chi connectivity index (χ3n) is 10.3. The van der Waals surface area contributed by atoms with Crippen molar-refractivity contribution < 1.29 is 9.90 Å². The third kappa shape index (κ3) is 7.14. The fourth-order valence-electron chi connectivity index (χ4n) is 8.04. The van der Waals surface area contributed by atoms with Crippen molar-refractivity contribution in [2.75, 3.05) is 0 Å². The highest BCUT2D eigenvalue weighted by Gasteiger charge is 2.51. The van der Waals surface area contributed by atoms with Crippen LogP contribution in [0.15, 0.2) is 87.5 Å². The Morgan fingerprint density at radius 3 is 1.00 bits per heavy atom. The summed E-state index contributed by atoms with van der Waals surface area (Å²) >= 11 is 0. The van der Waals surface area contributed by atoms with Gasteiger partial charge in [-0.25, -0.2) is 0 Å². The Bertz CT molecular complexity index is 1260. The fraction of sp³-hybridized carbons (Fsp3) is 0.537. The highest BCUT2D eigenvalue weighted by Crippen LogP contribution is 2.59. The quantitative estimate of drug-likeness (QED) is 0.276. The molecule has 3 aromatic rings. The average molecular weight is 611 g/mol. The number of carbonyl (C=O) groups is 1. The fourth-order valence-corrected chi connectivity index (χ4v) is 10.1. The van der Waals surface area contributed by atoms with E-state index in [1.54, 1.807) is 0 Å². The predicted octanol–water partition coefficient (Wildman–Crippen LogP) is 9.63. The Labute approximate surface area is 270 Å². The maximum Gasteiger partial charge on any atom is 0.166 e. The van der Waals surface area contributed by atoms with E-state index in [-0.39, 0.29) is 27.1 Å². The first kappa shape index (κ1) is 32.9. The molecule has 0 aliphatic heterocycles. The van der Waals surface area contributed by atoms with E-state index >= 15 is 0 Å². The Balaban J connectivity index is 0.000000242. The number of carboxylic acid groups (broad SMARTS) is 1. The summed E-state index contributed by atoms with van der Waals surface area (Å²) in [5.41, 5.74) is 4.25. The van der Waals surface area contributed by atoms with Gasteiger partial charge in [0.05, 0.1) is 10.9 Å². The number of benzene rings is 3. The molecule has 2 nitrogen and oxygen atoms in total. The monoisotopic (exact) mass is 610 g/mol. The summed E-state index contributed by atoms with van der Waals surface area (Å²) in [7, 11) is -0.120. The lowest BCUT2D eigenvalue weighted by atomic mass is 9.49. The molecule has 7 rings (SSSR count). The molecule has 0 amide bonds. The van der Waals surface area contributed by atoms with Gasteiger partial charge in [0.2, 0.25) is 0 Å². The zero-order valence-corrected chi connectivity index (χ0v) is 29.4. The molecule has 0 N–H and O–H groups in total. The number of aliphatic carboxylic acids is 1. The second-order valence-electron chi connectivity index (χ2n) is 17.1. The number of hydrogen-bond donors (Lipinski definition) is 0. The van der Waals surface area contributed by atoms with Gasteiger partial charge in [0, 0.05) is 11.4 Å². The second-order valence-corrected chi connectivity index (χ2v) is 19.1. The molecule has 0 heterocycles. The highest BCUT2D eigenvalue weighted by molar-refractivity contribution is 7.97. The maximum absolute atomic E-state index is 11.1. The van der Waals surface area contributed by atoms with Gasteiger partial charge in [-0.05, 0) is 126 Å². The number of hydrogen-bond acceptors (Lipinski definition) is 2. The van der Waals surface area contributed by atoms with Gasteiger partial charge in [0.15, 0.2) is 14.7 Å². The van der Waals surface area contributed by atoms with Crippen molar-refractivity contribution in [3.8, 4) is 0 Å². The summed E-state index contributed by atoms with van der Waals surface area (Å²) in [4.78, 5) is 15.3. The van der Waals surface area contributed by atoms with Crippen LogP contribution in [0.1, 0.15) is 118 Å². The number of carbonyl (C=O) groups excluding carboxylic acids is 1. The largest absolute Gasteiger partial charge is 0.550 e. The lowest BCUT2D eigenvalue weighted by Crippen LogP contribution is -2.54. The van der Waals surface area contributed by atoms with Crippen molar-refractivity contribution in [3.63, 3.8) is 0 Å². The van der Waals surface area contributed by atoms with Gasteiger partial charge in [0.1, 0.15) is 0 Å². The number of rotatable bonds is 4. The van der Waals surface area contributed by atoms with Crippen molar-refractivity contribution >= 4 is 16.9 Å². The Kier molecular flexibility index (Phi) is 8.97. The van der Waals surface area contributed by atoms with Crippen LogP contribution in [-0.4, -0.2) is 5.97 Å². The van der Waals surface area contributed by atoms with Crippen molar-refractivity contribution in [1.82, 2.24) is 0 Å². The lowest BCUT2D eigenvalue weighted by molar-refractivity contribution is -0.327. The van der Waals surface area contributed by atoms with Crippen LogP contribution >= 0.6 is 0 Å². The molecule has 3 heteroatoms. The molecule has 4 aliphatic carbocycles. The molecule has 236 valence electrons. The summed E-state index contributed by atoms with van der Waals surface area (Å²) in [5.74, 6) is 1.38. The van der Waals surface area contributed by atoms with E-state index in [1.807, 2.05) is 0 Å². The first-order chi connectivity index (χ1) is 20.4. The van der Waals surface area contributed by atoms with Crippen molar-refractivity contribution in [2.24, 2.45) is 23.2 Å². The van der Waals surface area contributed by atoms with Crippen LogP contribution in [0, 0.1) is 23.2 Å². The second kappa shape index (κ2) is 12.0. The molecule has 0 unspecified atom stereocenters. The van der Waals surface area contributed by atoms with Crippen molar-refractivity contribution in [1.29, 1.82) is 0 Å². The summed E-state index contributed by atoms with van der Waals surface area (Å²) in [6.07, 6.45) is 6.65. The molecule has 0 aromatic heterocycles. The van der Waals surface area contributed by atoms with Gasteiger partial charge in [-0.1, -0.05) is 98.7 Å². The molecule has 4 saturated carbocycles. The molecule has 4 bridgehead atoms. The van der Waals surface area contributed by atoms with Crippen LogP contribution in [0.5, 0.6) is 0 Å². The zero-order chi connectivity index (χ0) is 32.1. The van der Waals surface area contributed by atoms with Gasteiger partial charge in [-0.15, -0.1) is 0 Å². The van der Waals surface area contributed by atoms with Crippen LogP contribution in [0.3, 0.4) is 0 Å². The Morgan fingerprint density at radius 1 is 0.545 bits per heavy atom. The molecule has 0 spiro atoms. The SMILES string of the molecule is CC(C)(C)c1ccc([S+](c2ccc(C(C)(C)C)cc2)c2ccc(C(C)(C)C)cc2)cc1.O=C([O-])C12CC3CC(CC(C3)C1)C2. The summed E-state index contributed by atoms with van der Waals surface area (Å²) in [6, 6.07) is 27.8. The van der Waals surface area contributed by atoms with E-state index in [0.717, 1.165) is 19.3 Å². The van der Waals surface area contributed by atoms with E-state index < -0.39 is 11.4 Å². The molecule has 44 heavy (non-hydrogen) atoms. The molecule has 0 atom stereocenters. The van der Waals surface area contributed by atoms with Gasteiger partial charge >= 0.3 is 0 Å². The Hall–Kier alpha value is -2.52. The highest BCUT2D eigenvalue weighted by atomic mass is 32.2. The van der Waals surface area contributed by atoms with Crippen LogP contribution in [0.2, 0.25) is 0 Å². The molecule has 0 radical (unpaired) electrons. The van der Waals surface area contributed by atoms with E-state index in [9.17, 15) is 9.90 Å². The Morgan fingerprint density at radius 2 is 0.795 bits per heavy atom. The van der Waals surface area contributed by atoms with Gasteiger partial charge in [0.25, 0.3) is 0 Å². The molecule has 4 fully saturated rings. The average Bonchev–Trinajstić information content (AvgIpc) is 2.92. The van der Waals surface area contributed by atoms with Gasteiger partial charge in [-0.2, -0.15) is 0 Å². The molecule has 0 saturated heterocycles. The zero-order valence-electron chi connectivity index (χ0n) is 28.6. The first-order valence-corrected chi connectivity index (χ1v) is 17.9. The molecular formula is C41H54O2S. The molecule has 3 aromatic carbocycles. The third-order valence-corrected chi connectivity index (χ3v) is 12.6. The van der Waals surface area contributed by atoms with Crippen LogP contribution in [0.4, 0.5) is 0 Å². The van der Waals surface area contributed by atoms with Gasteiger partial charge < -0.3 is 9.90 Å². The van der Waals surface area contributed by atoms with E-state index in [2.05, 4.69) is 135 Å². The minimum Gasteiger partial charge on any atom is -0.550 e. The normalized spacial score (nSPS) is 24.6. The minimum absolute atomic E-state index is 0.120. The standard InChI is InChI=1S/C30H39S.C11H16O2/c1-28(2,3)22-10-16-25(17-11-22)31(26-18-12-23(13-19-26)29(4,5)6)27-20-14-24(15-21-27)30(7,8)9;12-10(13)11-4-7-1-8(5-11)3-9(2-7)6-11/h10-21H,1-9H3;7-9H,1-6H2,(H,12,13)/q+1;/p-1. The van der Waals surface area contributed by atoms with E-state index in [4.69, 9.17) is 0 Å². The predicted molar refractivity (Wildman–Crippen MR) is 183 cm³/mol. The van der Waals surface area contributed by atoms with Crippen LogP contribution in [0.25, 0.3) is 0 Å². The minimum atomic E-state index is -0.758. The van der Waals surface area contributed by atoms with Crippen LogP contribution < -0.4 is 5.11 Å². The summed E-state index contributed by atoms with van der Waals surface area (Å²) in [6.45, 7) is 20.5. The first-order valence-electron chi connectivity index (χ1n) is 16.7. The van der Waals surface area contributed by atoms with Crippen molar-refractivity contribution in [2.45, 2.75) is 132 Å². The van der Waals surface area contributed by atoms with Gasteiger partial charge in [-0.3, -0.25) is 0 Å². The molecular weight excluding hydrogens is 557 g/mol. The maximum atomic E-state index is 11.1. The van der Waals surface area contributed by atoms with Crippen molar-refractivity contribution in [3.05, 3.63) is 89.5 Å². The summed E-state index contributed by atoms with van der Waals surface area (Å²) in [5, 5.41) is 11.1. The molecule has 4 aliphatic rings. The lowest BCUT2D eigenvalue weighted by Gasteiger charge is -2.57. The topological polar surface area (TPSA) is 40.1 Å². The van der Waals surface area contributed by atoms with E-state index in [1.165, 1.54) is 50.6 Å².